The van der Waals surface area contributed by atoms with E-state index in [-0.39, 0.29) is 12.2 Å². The minimum atomic E-state index is 0.0104. The van der Waals surface area contributed by atoms with Gasteiger partial charge in [-0.15, -0.1) is 0 Å². The molecule has 9 nitrogen and oxygen atoms in total. The number of hydrogen-bond acceptors (Lipinski definition) is 7. The largest absolute Gasteiger partial charge is 0.492 e. The zero-order valence-electron chi connectivity index (χ0n) is 23.4. The molecule has 0 saturated carbocycles. The molecule has 9 heteroatoms. The molecule has 1 aliphatic heterocycles. The number of Topliss-reactive ketones (excluding diaryl/α,β-unsaturated/α-hetero) is 1. The molecule has 0 atom stereocenters. The third kappa shape index (κ3) is 5.48. The van der Waals surface area contributed by atoms with Crippen molar-refractivity contribution < 1.29 is 9.53 Å². The maximum Gasteiger partial charge on any atom is 0.185 e. The fourth-order valence-electron chi connectivity index (χ4n) is 5.50. The van der Waals surface area contributed by atoms with Crippen LogP contribution in [-0.4, -0.2) is 86.1 Å². The molecule has 1 aromatic carbocycles. The predicted molar refractivity (Wildman–Crippen MR) is 155 cm³/mol. The minimum Gasteiger partial charge on any atom is -0.492 e. The molecule has 1 aliphatic rings. The molecular weight excluding hydrogens is 502 g/mol. The van der Waals surface area contributed by atoms with Crippen LogP contribution in [0.15, 0.2) is 60.9 Å². The fourth-order valence-corrected chi connectivity index (χ4v) is 5.50. The summed E-state index contributed by atoms with van der Waals surface area (Å²) in [6.07, 6.45) is 3.80. The molecule has 5 aromatic rings. The first-order chi connectivity index (χ1) is 19.4. The van der Waals surface area contributed by atoms with Gasteiger partial charge >= 0.3 is 0 Å². The summed E-state index contributed by atoms with van der Waals surface area (Å²) in [7, 11) is 2.16. The average Bonchev–Trinajstić information content (AvgIpc) is 3.51. The molecule has 40 heavy (non-hydrogen) atoms. The number of ether oxygens (including phenoxy) is 1. The number of benzene rings is 1. The summed E-state index contributed by atoms with van der Waals surface area (Å²) < 4.78 is 9.83. The van der Waals surface area contributed by atoms with Crippen LogP contribution >= 0.6 is 0 Å². The normalized spacial score (nSPS) is 14.8. The molecule has 0 aliphatic carbocycles. The Kier molecular flexibility index (Phi) is 7.32. The van der Waals surface area contributed by atoms with E-state index < -0.39 is 0 Å². The second-order valence-electron chi connectivity index (χ2n) is 10.7. The van der Waals surface area contributed by atoms with Gasteiger partial charge in [-0.05, 0) is 50.7 Å². The van der Waals surface area contributed by atoms with Gasteiger partial charge in [-0.3, -0.25) is 23.8 Å². The topological polar surface area (TPSA) is 80.8 Å². The summed E-state index contributed by atoms with van der Waals surface area (Å²) >= 11 is 0. The van der Waals surface area contributed by atoms with Gasteiger partial charge in [0.15, 0.2) is 5.78 Å². The van der Waals surface area contributed by atoms with Crippen molar-refractivity contribution in [3.05, 3.63) is 89.3 Å². The number of likely N-dealkylation sites (N-methyl/N-ethyl adjacent to an activating group) is 1. The lowest BCUT2D eigenvalue weighted by Crippen LogP contribution is -2.45. The van der Waals surface area contributed by atoms with Gasteiger partial charge in [-0.1, -0.05) is 18.2 Å². The summed E-state index contributed by atoms with van der Waals surface area (Å²) in [6, 6.07) is 15.9. The smallest absolute Gasteiger partial charge is 0.185 e. The van der Waals surface area contributed by atoms with E-state index in [9.17, 15) is 4.79 Å². The van der Waals surface area contributed by atoms with Crippen LogP contribution in [0.1, 0.15) is 33.1 Å². The van der Waals surface area contributed by atoms with Gasteiger partial charge < -0.3 is 9.64 Å². The molecule has 0 N–H and O–H groups in total. The molecule has 0 radical (unpaired) electrons. The SMILES string of the molecule is Cc1cccc(Cn2nc(C)c3c(CC(=O)c4cnc5cc(OCCN6CCN(C)CC6)ccn45)cccc32)n1. The van der Waals surface area contributed by atoms with Gasteiger partial charge in [0.1, 0.15) is 23.7 Å². The number of aromatic nitrogens is 5. The monoisotopic (exact) mass is 537 g/mol. The number of fused-ring (bicyclic) bond motifs is 2. The van der Waals surface area contributed by atoms with Gasteiger partial charge in [0.2, 0.25) is 0 Å². The molecule has 0 spiro atoms. The highest BCUT2D eigenvalue weighted by atomic mass is 16.5. The van der Waals surface area contributed by atoms with E-state index in [0.717, 1.165) is 72.0 Å². The van der Waals surface area contributed by atoms with E-state index in [1.54, 1.807) is 6.20 Å². The van der Waals surface area contributed by atoms with E-state index in [1.165, 1.54) is 0 Å². The maximum atomic E-state index is 13.5. The summed E-state index contributed by atoms with van der Waals surface area (Å²) in [5.41, 5.74) is 6.07. The molecular formula is C31H35N7O2. The van der Waals surface area contributed by atoms with Crippen LogP contribution in [0.3, 0.4) is 0 Å². The van der Waals surface area contributed by atoms with E-state index in [0.29, 0.717) is 24.5 Å². The van der Waals surface area contributed by atoms with Crippen molar-refractivity contribution in [1.82, 2.24) is 33.9 Å². The quantitative estimate of drug-likeness (QED) is 0.265. The van der Waals surface area contributed by atoms with E-state index >= 15 is 0 Å². The summed E-state index contributed by atoms with van der Waals surface area (Å²) in [6.45, 7) is 10.4. The highest BCUT2D eigenvalue weighted by Gasteiger charge is 2.18. The van der Waals surface area contributed by atoms with Gasteiger partial charge in [0.25, 0.3) is 0 Å². The van der Waals surface area contributed by atoms with Crippen molar-refractivity contribution in [3.63, 3.8) is 0 Å². The van der Waals surface area contributed by atoms with Crippen LogP contribution in [0.5, 0.6) is 5.75 Å². The Bertz CT molecular complexity index is 1660. The Morgan fingerprint density at radius 2 is 1.85 bits per heavy atom. The molecule has 0 bridgehead atoms. The zero-order chi connectivity index (χ0) is 27.6. The number of aryl methyl sites for hydroxylation is 2. The highest BCUT2D eigenvalue weighted by Crippen LogP contribution is 2.25. The first-order valence-electron chi connectivity index (χ1n) is 13.9. The van der Waals surface area contributed by atoms with Crippen molar-refractivity contribution >= 4 is 22.3 Å². The van der Waals surface area contributed by atoms with Crippen molar-refractivity contribution in [1.29, 1.82) is 0 Å². The number of hydrogen-bond donors (Lipinski definition) is 0. The summed E-state index contributed by atoms with van der Waals surface area (Å²) in [5, 5.41) is 5.81. The maximum absolute atomic E-state index is 13.5. The van der Waals surface area contributed by atoms with Gasteiger partial charge in [0.05, 0.1) is 29.6 Å². The number of carbonyl (C=O) groups excluding carboxylic acids is 1. The number of imidazole rings is 1. The zero-order valence-corrected chi connectivity index (χ0v) is 23.4. The predicted octanol–water partition coefficient (Wildman–Crippen LogP) is 3.80. The van der Waals surface area contributed by atoms with Crippen molar-refractivity contribution in [2.24, 2.45) is 0 Å². The third-order valence-electron chi connectivity index (χ3n) is 7.69. The first kappa shape index (κ1) is 26.2. The number of ketones is 1. The Morgan fingerprint density at radius 1 is 1.02 bits per heavy atom. The number of rotatable bonds is 9. The molecule has 206 valence electrons. The Morgan fingerprint density at radius 3 is 2.67 bits per heavy atom. The number of pyridine rings is 2. The van der Waals surface area contributed by atoms with E-state index in [4.69, 9.17) is 9.84 Å². The van der Waals surface area contributed by atoms with E-state index in [1.807, 2.05) is 71.6 Å². The van der Waals surface area contributed by atoms with E-state index in [2.05, 4.69) is 32.9 Å². The lowest BCUT2D eigenvalue weighted by Gasteiger charge is -2.32. The van der Waals surface area contributed by atoms with Crippen molar-refractivity contribution in [3.8, 4) is 5.75 Å². The molecule has 4 aromatic heterocycles. The van der Waals surface area contributed by atoms with Gasteiger partial charge in [-0.2, -0.15) is 5.10 Å². The van der Waals surface area contributed by atoms with Gasteiger partial charge in [0, 0.05) is 62.5 Å². The third-order valence-corrected chi connectivity index (χ3v) is 7.69. The van der Waals surface area contributed by atoms with Crippen LogP contribution in [0.4, 0.5) is 0 Å². The standard InChI is InChI=1S/C31H35N7O2/c1-22-6-4-8-25(33-22)21-38-27-9-5-7-24(31(27)23(2)34-38)18-29(39)28-20-32-30-19-26(10-11-37(28)30)40-17-16-36-14-12-35(3)13-15-36/h4-11,19-20H,12-18,21H2,1-3H3. The Labute approximate surface area is 234 Å². The van der Waals surface area contributed by atoms with Crippen molar-refractivity contribution in [2.75, 3.05) is 46.4 Å². The van der Waals surface area contributed by atoms with Gasteiger partial charge in [-0.25, -0.2) is 4.98 Å². The Hall–Kier alpha value is -4.08. The molecule has 0 unspecified atom stereocenters. The fraction of sp³-hybridized carbons (Fsp3) is 0.355. The van der Waals surface area contributed by atoms with Crippen LogP contribution in [0.2, 0.25) is 0 Å². The molecule has 1 saturated heterocycles. The van der Waals surface area contributed by atoms with Crippen LogP contribution in [-0.2, 0) is 13.0 Å². The number of piperazine rings is 1. The molecule has 1 fully saturated rings. The van der Waals surface area contributed by atoms with Crippen LogP contribution < -0.4 is 4.74 Å². The number of carbonyl (C=O) groups is 1. The average molecular weight is 538 g/mol. The second-order valence-corrected chi connectivity index (χ2v) is 10.7. The lowest BCUT2D eigenvalue weighted by molar-refractivity contribution is 0.0987. The minimum absolute atomic E-state index is 0.0104. The summed E-state index contributed by atoms with van der Waals surface area (Å²) in [4.78, 5) is 27.4. The van der Waals surface area contributed by atoms with Crippen LogP contribution in [0.25, 0.3) is 16.6 Å². The lowest BCUT2D eigenvalue weighted by atomic mass is 10.0. The van der Waals surface area contributed by atoms with Crippen molar-refractivity contribution in [2.45, 2.75) is 26.8 Å². The molecule has 6 rings (SSSR count). The first-order valence-corrected chi connectivity index (χ1v) is 13.9. The summed E-state index contributed by atoms with van der Waals surface area (Å²) in [5.74, 6) is 0.776. The molecule has 0 amide bonds. The van der Waals surface area contributed by atoms with Crippen LogP contribution in [0, 0.1) is 13.8 Å². The molecule has 5 heterocycles. The highest BCUT2D eigenvalue weighted by molar-refractivity contribution is 5.99. The number of nitrogens with zero attached hydrogens (tertiary/aromatic N) is 7. The second kappa shape index (κ2) is 11.2. The Balaban J connectivity index is 1.16.